The molecule has 5 heteroatoms. The molecule has 1 N–H and O–H groups in total. The minimum absolute atomic E-state index is 0.195. The second-order valence-electron chi connectivity index (χ2n) is 6.32. The van der Waals surface area contributed by atoms with Gasteiger partial charge in [0.2, 0.25) is 0 Å². The Hall–Kier alpha value is -3.13. The zero-order valence-electron chi connectivity index (χ0n) is 14.8. The maximum absolute atomic E-state index is 12.0. The number of nitrogens with zero attached hydrogens (tertiary/aromatic N) is 2. The number of carbonyl (C=O) groups is 1. The average Bonchev–Trinajstić information content (AvgIpc) is 2.70. The van der Waals surface area contributed by atoms with E-state index in [-0.39, 0.29) is 12.5 Å². The fraction of sp³-hybridized carbons (Fsp3) is 0.286. The molecule has 5 nitrogen and oxygen atoms in total. The second kappa shape index (κ2) is 8.30. The van der Waals surface area contributed by atoms with Gasteiger partial charge in [0.1, 0.15) is 11.8 Å². The van der Waals surface area contributed by atoms with Gasteiger partial charge in [-0.3, -0.25) is 4.79 Å². The molecule has 0 heterocycles. The number of amides is 1. The van der Waals surface area contributed by atoms with E-state index in [1.807, 2.05) is 13.0 Å². The number of nitriles is 1. The van der Waals surface area contributed by atoms with Crippen molar-refractivity contribution in [3.05, 3.63) is 64.7 Å². The molecule has 1 amide bonds. The largest absolute Gasteiger partial charge is 0.482 e. The summed E-state index contributed by atoms with van der Waals surface area (Å²) in [7, 11) is 0. The molecule has 26 heavy (non-hydrogen) atoms. The molecule has 0 aromatic heterocycles. The fourth-order valence-corrected chi connectivity index (χ4v) is 3.03. The van der Waals surface area contributed by atoms with Crippen LogP contribution in [0.3, 0.4) is 0 Å². The van der Waals surface area contributed by atoms with Gasteiger partial charge in [0, 0.05) is 0 Å². The van der Waals surface area contributed by atoms with Gasteiger partial charge in [-0.2, -0.15) is 10.4 Å². The Kier molecular flexibility index (Phi) is 5.65. The third kappa shape index (κ3) is 4.28. The highest BCUT2D eigenvalue weighted by atomic mass is 16.5. The van der Waals surface area contributed by atoms with Gasteiger partial charge in [-0.05, 0) is 67.5 Å². The van der Waals surface area contributed by atoms with Crippen molar-refractivity contribution in [1.82, 2.24) is 5.43 Å². The van der Waals surface area contributed by atoms with E-state index in [1.165, 1.54) is 24.0 Å². The number of hydrazone groups is 1. The summed E-state index contributed by atoms with van der Waals surface area (Å²) < 4.78 is 5.40. The van der Waals surface area contributed by atoms with E-state index in [0.717, 1.165) is 24.1 Å². The quantitative estimate of drug-likeness (QED) is 0.666. The number of benzene rings is 2. The van der Waals surface area contributed by atoms with Gasteiger partial charge in [-0.15, -0.1) is 0 Å². The first-order chi connectivity index (χ1) is 12.7. The topological polar surface area (TPSA) is 74.5 Å². The average molecular weight is 347 g/mol. The number of rotatable bonds is 5. The van der Waals surface area contributed by atoms with Gasteiger partial charge < -0.3 is 4.74 Å². The first kappa shape index (κ1) is 17.7. The number of ether oxygens (including phenoxy) is 1. The van der Waals surface area contributed by atoms with Crippen LogP contribution in [0.4, 0.5) is 0 Å². The molecule has 3 rings (SSSR count). The Morgan fingerprint density at radius 3 is 2.77 bits per heavy atom. The van der Waals surface area contributed by atoms with Crippen LogP contribution in [0.5, 0.6) is 5.75 Å². The Morgan fingerprint density at radius 1 is 1.19 bits per heavy atom. The molecule has 0 radical (unpaired) electrons. The van der Waals surface area contributed by atoms with E-state index < -0.39 is 0 Å². The highest BCUT2D eigenvalue weighted by molar-refractivity contribution is 5.99. The summed E-state index contributed by atoms with van der Waals surface area (Å²) in [6.07, 6.45) is 4.73. The van der Waals surface area contributed by atoms with E-state index in [9.17, 15) is 4.79 Å². The smallest absolute Gasteiger partial charge is 0.277 e. The third-order valence-corrected chi connectivity index (χ3v) is 4.48. The summed E-state index contributed by atoms with van der Waals surface area (Å²) in [6.45, 7) is 1.68. The standard InChI is InChI=1S/C21H21N3O2/c1-15(17-11-10-16-6-2-3-7-18(16)12-17)23-24-21(25)14-26-20-9-5-4-8-19(20)13-22/h4-5,8-12H,2-3,6-7,14H2,1H3,(H,24,25). The summed E-state index contributed by atoms with van der Waals surface area (Å²) in [5.41, 5.74) is 7.47. The summed E-state index contributed by atoms with van der Waals surface area (Å²) in [4.78, 5) is 12.0. The second-order valence-corrected chi connectivity index (χ2v) is 6.32. The number of para-hydroxylation sites is 1. The lowest BCUT2D eigenvalue weighted by Crippen LogP contribution is -2.25. The molecule has 0 unspecified atom stereocenters. The summed E-state index contributed by atoms with van der Waals surface area (Å²) in [6, 6.07) is 15.2. The van der Waals surface area contributed by atoms with Crippen molar-refractivity contribution in [3.63, 3.8) is 0 Å². The minimum atomic E-state index is -0.366. The van der Waals surface area contributed by atoms with Crippen molar-refractivity contribution in [1.29, 1.82) is 5.26 Å². The fourth-order valence-electron chi connectivity index (χ4n) is 3.03. The number of hydrogen-bond donors (Lipinski definition) is 1. The molecule has 1 aliphatic rings. The van der Waals surface area contributed by atoms with Gasteiger partial charge in [-0.1, -0.05) is 24.3 Å². The van der Waals surface area contributed by atoms with Crippen molar-refractivity contribution in [2.75, 3.05) is 6.61 Å². The number of fused-ring (bicyclic) bond motifs is 1. The van der Waals surface area contributed by atoms with Crippen LogP contribution in [0, 0.1) is 11.3 Å². The SMILES string of the molecule is CC(=NNC(=O)COc1ccccc1C#N)c1ccc2c(c1)CCCC2. The summed E-state index contributed by atoms with van der Waals surface area (Å²) in [5.74, 6) is 0.0237. The normalized spacial score (nSPS) is 13.5. The van der Waals surface area contributed by atoms with Gasteiger partial charge in [0.05, 0.1) is 11.3 Å². The Bertz CT molecular complexity index is 881. The first-order valence-corrected chi connectivity index (χ1v) is 8.74. The van der Waals surface area contributed by atoms with Crippen molar-refractivity contribution in [2.24, 2.45) is 5.10 Å². The van der Waals surface area contributed by atoms with Crippen LogP contribution >= 0.6 is 0 Å². The molecule has 0 saturated heterocycles. The monoisotopic (exact) mass is 347 g/mol. The minimum Gasteiger partial charge on any atom is -0.482 e. The van der Waals surface area contributed by atoms with Crippen LogP contribution in [-0.2, 0) is 17.6 Å². The number of hydrogen-bond acceptors (Lipinski definition) is 4. The molecule has 0 spiro atoms. The van der Waals surface area contributed by atoms with E-state index in [2.05, 4.69) is 28.7 Å². The highest BCUT2D eigenvalue weighted by Crippen LogP contribution is 2.22. The highest BCUT2D eigenvalue weighted by Gasteiger charge is 2.11. The van der Waals surface area contributed by atoms with E-state index in [4.69, 9.17) is 10.00 Å². The first-order valence-electron chi connectivity index (χ1n) is 8.74. The predicted octanol–water partition coefficient (Wildman–Crippen LogP) is 3.36. The molecule has 132 valence electrons. The predicted molar refractivity (Wildman–Crippen MR) is 100 cm³/mol. The Morgan fingerprint density at radius 2 is 1.96 bits per heavy atom. The lowest BCUT2D eigenvalue weighted by atomic mass is 9.90. The maximum Gasteiger partial charge on any atom is 0.277 e. The molecule has 0 bridgehead atoms. The summed E-state index contributed by atoms with van der Waals surface area (Å²) in [5, 5.41) is 13.2. The maximum atomic E-state index is 12.0. The molecule has 2 aromatic carbocycles. The van der Waals surface area contributed by atoms with Crippen LogP contribution in [0.2, 0.25) is 0 Å². The van der Waals surface area contributed by atoms with E-state index in [1.54, 1.807) is 24.3 Å². The van der Waals surface area contributed by atoms with Crippen LogP contribution in [0.1, 0.15) is 42.0 Å². The number of aryl methyl sites for hydroxylation is 2. The van der Waals surface area contributed by atoms with Crippen molar-refractivity contribution in [2.45, 2.75) is 32.6 Å². The van der Waals surface area contributed by atoms with E-state index >= 15 is 0 Å². The molecule has 2 aromatic rings. The molecule has 0 atom stereocenters. The van der Waals surface area contributed by atoms with Crippen LogP contribution in [0.15, 0.2) is 47.6 Å². The molecule has 0 aliphatic heterocycles. The summed E-state index contributed by atoms with van der Waals surface area (Å²) >= 11 is 0. The zero-order chi connectivity index (χ0) is 18.4. The molecule has 0 saturated carbocycles. The van der Waals surface area contributed by atoms with Gasteiger partial charge in [0.25, 0.3) is 5.91 Å². The number of carbonyl (C=O) groups excluding carboxylic acids is 1. The molecular weight excluding hydrogens is 326 g/mol. The number of nitrogens with one attached hydrogen (secondary N) is 1. The van der Waals surface area contributed by atoms with Crippen LogP contribution in [0.25, 0.3) is 0 Å². The van der Waals surface area contributed by atoms with Crippen molar-refractivity contribution < 1.29 is 9.53 Å². The van der Waals surface area contributed by atoms with Crippen LogP contribution in [-0.4, -0.2) is 18.2 Å². The molecular formula is C21H21N3O2. The van der Waals surface area contributed by atoms with E-state index in [0.29, 0.717) is 11.3 Å². The van der Waals surface area contributed by atoms with Gasteiger partial charge in [0.15, 0.2) is 6.61 Å². The van der Waals surface area contributed by atoms with Crippen molar-refractivity contribution in [3.8, 4) is 11.8 Å². The molecule has 1 aliphatic carbocycles. The third-order valence-electron chi connectivity index (χ3n) is 4.48. The van der Waals surface area contributed by atoms with Crippen LogP contribution < -0.4 is 10.2 Å². The lowest BCUT2D eigenvalue weighted by molar-refractivity contribution is -0.123. The molecule has 0 fully saturated rings. The zero-order valence-corrected chi connectivity index (χ0v) is 14.8. The van der Waals surface area contributed by atoms with Gasteiger partial charge in [-0.25, -0.2) is 5.43 Å². The lowest BCUT2D eigenvalue weighted by Gasteiger charge is -2.16. The Labute approximate surface area is 153 Å². The van der Waals surface area contributed by atoms with Crippen molar-refractivity contribution >= 4 is 11.6 Å². The van der Waals surface area contributed by atoms with Gasteiger partial charge >= 0.3 is 0 Å². The Balaban J connectivity index is 1.58.